The molecule has 1 heterocycles. The van der Waals surface area contributed by atoms with Crippen LogP contribution in [0.4, 0.5) is 10.8 Å². The number of aromatic nitrogens is 1. The number of benzene rings is 3. The summed E-state index contributed by atoms with van der Waals surface area (Å²) in [5, 5.41) is 6.90. The van der Waals surface area contributed by atoms with E-state index in [-0.39, 0.29) is 5.91 Å². The van der Waals surface area contributed by atoms with Crippen LogP contribution in [0.5, 0.6) is 0 Å². The molecule has 0 spiro atoms. The second-order valence-corrected chi connectivity index (χ2v) is 9.04. The Hall–Kier alpha value is -3.97. The highest BCUT2D eigenvalue weighted by molar-refractivity contribution is 7.16. The summed E-state index contributed by atoms with van der Waals surface area (Å²) in [6.07, 6.45) is 1.22. The molecule has 0 saturated carbocycles. The van der Waals surface area contributed by atoms with Crippen LogP contribution in [0.1, 0.15) is 27.7 Å². The molecule has 1 amide bonds. The number of hydrogen-bond donors (Lipinski definition) is 2. The van der Waals surface area contributed by atoms with Gasteiger partial charge in [0.25, 0.3) is 5.91 Å². The van der Waals surface area contributed by atoms with Crippen LogP contribution >= 0.6 is 11.3 Å². The van der Waals surface area contributed by atoms with E-state index in [2.05, 4.69) is 29.7 Å². The molecule has 7 heteroatoms. The molecule has 2 N–H and O–H groups in total. The van der Waals surface area contributed by atoms with Gasteiger partial charge in [-0.3, -0.25) is 4.79 Å². The third kappa shape index (κ3) is 6.13. The molecule has 0 unspecified atom stereocenters. The molecule has 1 atom stereocenters. The number of rotatable bonds is 9. The van der Waals surface area contributed by atoms with Gasteiger partial charge in [-0.15, -0.1) is 11.3 Å². The first-order chi connectivity index (χ1) is 17.1. The summed E-state index contributed by atoms with van der Waals surface area (Å²) >= 11 is 1.60. The fourth-order valence-corrected chi connectivity index (χ4v) is 4.70. The van der Waals surface area contributed by atoms with Crippen LogP contribution in [-0.2, 0) is 22.4 Å². The molecular weight excluding hydrogens is 458 g/mol. The molecule has 0 fully saturated rings. The number of aryl methyl sites for hydroxylation is 1. The van der Waals surface area contributed by atoms with E-state index in [9.17, 15) is 9.59 Å². The predicted octanol–water partition coefficient (Wildman–Crippen LogP) is 5.63. The Morgan fingerprint density at radius 2 is 1.69 bits per heavy atom. The fraction of sp³-hybridized carbons (Fsp3) is 0.179. The van der Waals surface area contributed by atoms with Crippen LogP contribution in [0.3, 0.4) is 0 Å². The number of ether oxygens (including phenoxy) is 1. The standard InChI is InChI=1S/C28H27N3O3S/c1-3-24-25(20-13-8-5-9-14-20)31-28(35-24)29-22-16-10-15-21(18-22)26(32)30-23(27(33)34-2)17-19-11-6-4-7-12-19/h4-16,18,23H,3,17H2,1-2H3,(H,29,31)(H,30,32)/t23-/m0/s1. The van der Waals surface area contributed by atoms with Gasteiger partial charge >= 0.3 is 5.97 Å². The quantitative estimate of drug-likeness (QED) is 0.300. The summed E-state index contributed by atoms with van der Waals surface area (Å²) < 4.78 is 4.91. The van der Waals surface area contributed by atoms with Crippen LogP contribution in [0.25, 0.3) is 11.3 Å². The minimum Gasteiger partial charge on any atom is -0.467 e. The average Bonchev–Trinajstić information content (AvgIpc) is 3.31. The Morgan fingerprint density at radius 3 is 2.37 bits per heavy atom. The van der Waals surface area contributed by atoms with E-state index in [4.69, 9.17) is 9.72 Å². The van der Waals surface area contributed by atoms with E-state index in [0.717, 1.165) is 34.1 Å². The van der Waals surface area contributed by atoms with Gasteiger partial charge in [0.1, 0.15) is 6.04 Å². The summed E-state index contributed by atoms with van der Waals surface area (Å²) in [6.45, 7) is 2.11. The first-order valence-corrected chi connectivity index (χ1v) is 12.2. The number of nitrogens with one attached hydrogen (secondary N) is 2. The van der Waals surface area contributed by atoms with Gasteiger partial charge in [0.15, 0.2) is 5.13 Å². The van der Waals surface area contributed by atoms with Crippen LogP contribution in [0.15, 0.2) is 84.9 Å². The molecule has 0 radical (unpaired) electrons. The number of carbonyl (C=O) groups is 2. The molecule has 0 saturated heterocycles. The molecule has 6 nitrogen and oxygen atoms in total. The van der Waals surface area contributed by atoms with Crippen LogP contribution in [0.2, 0.25) is 0 Å². The Labute approximate surface area is 209 Å². The molecule has 1 aromatic heterocycles. The molecule has 4 rings (SSSR count). The molecule has 0 aliphatic carbocycles. The first-order valence-electron chi connectivity index (χ1n) is 11.4. The molecule has 4 aromatic rings. The second-order valence-electron chi connectivity index (χ2n) is 7.96. The number of amides is 1. The van der Waals surface area contributed by atoms with E-state index < -0.39 is 12.0 Å². The van der Waals surface area contributed by atoms with E-state index in [1.165, 1.54) is 12.0 Å². The molecule has 178 valence electrons. The molecule has 0 aliphatic heterocycles. The van der Waals surface area contributed by atoms with Gasteiger partial charge < -0.3 is 15.4 Å². The van der Waals surface area contributed by atoms with Crippen molar-refractivity contribution >= 4 is 34.0 Å². The van der Waals surface area contributed by atoms with Crippen LogP contribution in [-0.4, -0.2) is 30.0 Å². The maximum absolute atomic E-state index is 13.0. The van der Waals surface area contributed by atoms with Gasteiger partial charge in [0, 0.05) is 28.1 Å². The molecule has 35 heavy (non-hydrogen) atoms. The minimum absolute atomic E-state index is 0.346. The lowest BCUT2D eigenvalue weighted by atomic mass is 10.1. The molecule has 0 bridgehead atoms. The van der Waals surface area contributed by atoms with E-state index >= 15 is 0 Å². The summed E-state index contributed by atoms with van der Waals surface area (Å²) in [5.41, 5.74) is 4.16. The monoisotopic (exact) mass is 485 g/mol. The van der Waals surface area contributed by atoms with Crippen molar-refractivity contribution < 1.29 is 14.3 Å². The largest absolute Gasteiger partial charge is 0.467 e. The molecule has 3 aromatic carbocycles. The fourth-order valence-electron chi connectivity index (χ4n) is 3.75. The number of anilines is 2. The third-order valence-corrected chi connectivity index (χ3v) is 6.63. The van der Waals surface area contributed by atoms with Crippen molar-refractivity contribution in [3.8, 4) is 11.3 Å². The van der Waals surface area contributed by atoms with E-state index in [1.807, 2.05) is 54.6 Å². The van der Waals surface area contributed by atoms with E-state index in [1.54, 1.807) is 29.5 Å². The highest BCUT2D eigenvalue weighted by Crippen LogP contribution is 2.33. The van der Waals surface area contributed by atoms with Crippen molar-refractivity contribution in [1.29, 1.82) is 0 Å². The maximum atomic E-state index is 13.0. The van der Waals surface area contributed by atoms with Crippen molar-refractivity contribution in [2.75, 3.05) is 12.4 Å². The molecular formula is C28H27N3O3S. The number of nitrogens with zero attached hydrogens (tertiary/aromatic N) is 1. The number of carbonyl (C=O) groups excluding carboxylic acids is 2. The lowest BCUT2D eigenvalue weighted by Crippen LogP contribution is -2.43. The van der Waals surface area contributed by atoms with Gasteiger partial charge in [-0.25, -0.2) is 9.78 Å². The zero-order valence-electron chi connectivity index (χ0n) is 19.7. The topological polar surface area (TPSA) is 80.3 Å². The third-order valence-electron chi connectivity index (χ3n) is 5.52. The summed E-state index contributed by atoms with van der Waals surface area (Å²) in [7, 11) is 1.32. The number of esters is 1. The predicted molar refractivity (Wildman–Crippen MR) is 140 cm³/mol. The number of methoxy groups -OCH3 is 1. The Bertz CT molecular complexity index is 1290. The van der Waals surface area contributed by atoms with Crippen LogP contribution < -0.4 is 10.6 Å². The van der Waals surface area contributed by atoms with Crippen molar-refractivity contribution in [3.63, 3.8) is 0 Å². The summed E-state index contributed by atoms with van der Waals surface area (Å²) in [6, 6.07) is 26.0. The maximum Gasteiger partial charge on any atom is 0.328 e. The number of thiazole rings is 1. The van der Waals surface area contributed by atoms with Crippen molar-refractivity contribution in [2.45, 2.75) is 25.8 Å². The zero-order chi connectivity index (χ0) is 24.6. The molecule has 0 aliphatic rings. The minimum atomic E-state index is -0.786. The Kier molecular flexibility index (Phi) is 7.90. The lowest BCUT2D eigenvalue weighted by Gasteiger charge is -2.17. The van der Waals surface area contributed by atoms with Gasteiger partial charge in [0.2, 0.25) is 0 Å². The zero-order valence-corrected chi connectivity index (χ0v) is 20.5. The van der Waals surface area contributed by atoms with Gasteiger partial charge in [-0.2, -0.15) is 0 Å². The van der Waals surface area contributed by atoms with Crippen molar-refractivity contribution in [1.82, 2.24) is 10.3 Å². The SMILES string of the molecule is CCc1sc(Nc2cccc(C(=O)N[C@@H](Cc3ccccc3)C(=O)OC)c2)nc1-c1ccccc1. The number of hydrogen-bond acceptors (Lipinski definition) is 6. The smallest absolute Gasteiger partial charge is 0.328 e. The average molecular weight is 486 g/mol. The van der Waals surface area contributed by atoms with Gasteiger partial charge in [-0.1, -0.05) is 73.7 Å². The van der Waals surface area contributed by atoms with Crippen LogP contribution in [0, 0.1) is 0 Å². The van der Waals surface area contributed by atoms with E-state index in [0.29, 0.717) is 12.0 Å². The highest BCUT2D eigenvalue weighted by Gasteiger charge is 2.23. The Balaban J connectivity index is 1.50. The van der Waals surface area contributed by atoms with Crippen molar-refractivity contribution in [2.24, 2.45) is 0 Å². The Morgan fingerprint density at radius 1 is 0.971 bits per heavy atom. The lowest BCUT2D eigenvalue weighted by molar-refractivity contribution is -0.142. The summed E-state index contributed by atoms with van der Waals surface area (Å²) in [5.74, 6) is -0.835. The van der Waals surface area contributed by atoms with Crippen molar-refractivity contribution in [3.05, 3.63) is 101 Å². The van der Waals surface area contributed by atoms with Gasteiger partial charge in [0.05, 0.1) is 12.8 Å². The summed E-state index contributed by atoms with van der Waals surface area (Å²) in [4.78, 5) is 31.3. The second kappa shape index (κ2) is 11.4. The normalized spacial score (nSPS) is 11.5. The first kappa shape index (κ1) is 24.2. The highest BCUT2D eigenvalue weighted by atomic mass is 32.1. The van der Waals surface area contributed by atoms with Gasteiger partial charge in [-0.05, 0) is 30.2 Å².